The van der Waals surface area contributed by atoms with E-state index >= 15 is 0 Å². The van der Waals surface area contributed by atoms with E-state index in [1.165, 1.54) is 0 Å². The van der Waals surface area contributed by atoms with Gasteiger partial charge in [0.15, 0.2) is 6.61 Å². The van der Waals surface area contributed by atoms with Crippen molar-refractivity contribution in [2.24, 2.45) is 7.05 Å². The minimum Gasteiger partial charge on any atom is -0.484 e. The minimum absolute atomic E-state index is 0.0164. The molecule has 2 aromatic rings. The highest BCUT2D eigenvalue weighted by molar-refractivity contribution is 5.92. The SMILES string of the molecule is Cc1ccc(OCC(=O)N2CCCN(C(=O)c3cccn3C)CC2)cc1. The zero-order chi connectivity index (χ0) is 18.5. The highest BCUT2D eigenvalue weighted by Crippen LogP contribution is 2.13. The van der Waals surface area contributed by atoms with Crippen molar-refractivity contribution in [1.82, 2.24) is 14.4 Å². The maximum atomic E-state index is 12.6. The molecule has 0 atom stereocenters. The Morgan fingerprint density at radius 1 is 1.00 bits per heavy atom. The van der Waals surface area contributed by atoms with Crippen molar-refractivity contribution in [3.63, 3.8) is 0 Å². The van der Waals surface area contributed by atoms with Gasteiger partial charge in [0, 0.05) is 39.4 Å². The molecule has 0 spiro atoms. The number of aromatic nitrogens is 1. The predicted octanol–water partition coefficient (Wildman–Crippen LogP) is 2.09. The van der Waals surface area contributed by atoms with Crippen molar-refractivity contribution in [2.75, 3.05) is 32.8 Å². The Morgan fingerprint density at radius 2 is 1.69 bits per heavy atom. The molecule has 0 unspecified atom stereocenters. The summed E-state index contributed by atoms with van der Waals surface area (Å²) in [6, 6.07) is 11.3. The number of carbonyl (C=O) groups is 2. The molecule has 2 heterocycles. The van der Waals surface area contributed by atoms with Gasteiger partial charge in [0.05, 0.1) is 0 Å². The molecule has 1 saturated heterocycles. The molecule has 1 aromatic heterocycles. The third kappa shape index (κ3) is 4.25. The lowest BCUT2D eigenvalue weighted by atomic mass is 10.2. The number of rotatable bonds is 4. The van der Waals surface area contributed by atoms with Crippen molar-refractivity contribution in [2.45, 2.75) is 13.3 Å². The van der Waals surface area contributed by atoms with Crippen LogP contribution in [-0.2, 0) is 11.8 Å². The Balaban J connectivity index is 1.53. The van der Waals surface area contributed by atoms with Gasteiger partial charge in [-0.15, -0.1) is 0 Å². The second kappa shape index (κ2) is 8.08. The van der Waals surface area contributed by atoms with E-state index in [-0.39, 0.29) is 18.4 Å². The van der Waals surface area contributed by atoms with E-state index in [1.54, 1.807) is 4.90 Å². The first-order valence-corrected chi connectivity index (χ1v) is 8.92. The lowest BCUT2D eigenvalue weighted by Crippen LogP contribution is -2.39. The average molecular weight is 355 g/mol. The van der Waals surface area contributed by atoms with E-state index in [0.717, 1.165) is 12.0 Å². The van der Waals surface area contributed by atoms with Gasteiger partial charge in [-0.3, -0.25) is 9.59 Å². The minimum atomic E-state index is -0.0428. The van der Waals surface area contributed by atoms with Crippen molar-refractivity contribution in [3.8, 4) is 5.75 Å². The van der Waals surface area contributed by atoms with Crippen LogP contribution in [-0.4, -0.2) is 59.0 Å². The first-order chi connectivity index (χ1) is 12.5. The summed E-state index contributed by atoms with van der Waals surface area (Å²) in [5, 5.41) is 0. The number of aryl methyl sites for hydroxylation is 2. The molecule has 0 radical (unpaired) electrons. The van der Waals surface area contributed by atoms with E-state index in [2.05, 4.69) is 0 Å². The topological polar surface area (TPSA) is 54.8 Å². The Labute approximate surface area is 154 Å². The molecular weight excluding hydrogens is 330 g/mol. The number of carbonyl (C=O) groups excluding carboxylic acids is 2. The molecule has 1 aliphatic heterocycles. The molecule has 0 bridgehead atoms. The molecule has 0 N–H and O–H groups in total. The summed E-state index contributed by atoms with van der Waals surface area (Å²) >= 11 is 0. The maximum absolute atomic E-state index is 12.6. The van der Waals surface area contributed by atoms with Gasteiger partial charge < -0.3 is 19.1 Å². The summed E-state index contributed by atoms with van der Waals surface area (Å²) < 4.78 is 7.42. The molecule has 2 amide bonds. The number of hydrogen-bond acceptors (Lipinski definition) is 3. The van der Waals surface area contributed by atoms with Crippen molar-refractivity contribution < 1.29 is 14.3 Å². The summed E-state index contributed by atoms with van der Waals surface area (Å²) in [4.78, 5) is 28.7. The van der Waals surface area contributed by atoms with Crippen LogP contribution in [0.2, 0.25) is 0 Å². The molecule has 138 valence electrons. The van der Waals surface area contributed by atoms with E-state index < -0.39 is 0 Å². The second-order valence-electron chi connectivity index (χ2n) is 6.63. The molecule has 1 aliphatic rings. The third-order valence-corrected chi connectivity index (χ3v) is 4.68. The van der Waals surface area contributed by atoms with E-state index in [1.807, 2.05) is 66.0 Å². The number of amides is 2. The summed E-state index contributed by atoms with van der Waals surface area (Å²) in [5.41, 5.74) is 1.83. The summed E-state index contributed by atoms with van der Waals surface area (Å²) in [6.07, 6.45) is 2.63. The zero-order valence-electron chi connectivity index (χ0n) is 15.4. The quantitative estimate of drug-likeness (QED) is 0.844. The van der Waals surface area contributed by atoms with Crippen molar-refractivity contribution in [1.29, 1.82) is 0 Å². The summed E-state index contributed by atoms with van der Waals surface area (Å²) in [6.45, 7) is 4.41. The van der Waals surface area contributed by atoms with Gasteiger partial charge >= 0.3 is 0 Å². The van der Waals surface area contributed by atoms with Gasteiger partial charge in [-0.05, 0) is 37.6 Å². The van der Waals surface area contributed by atoms with Gasteiger partial charge in [0.2, 0.25) is 0 Å². The van der Waals surface area contributed by atoms with Gasteiger partial charge in [-0.2, -0.15) is 0 Å². The smallest absolute Gasteiger partial charge is 0.270 e. The highest BCUT2D eigenvalue weighted by Gasteiger charge is 2.24. The lowest BCUT2D eigenvalue weighted by Gasteiger charge is -2.22. The Bertz CT molecular complexity index is 767. The summed E-state index contributed by atoms with van der Waals surface area (Å²) in [7, 11) is 1.86. The number of ether oxygens (including phenoxy) is 1. The number of benzene rings is 1. The first kappa shape index (κ1) is 18.0. The van der Waals surface area contributed by atoms with Crippen LogP contribution in [0, 0.1) is 6.92 Å². The second-order valence-corrected chi connectivity index (χ2v) is 6.63. The van der Waals surface area contributed by atoms with Crippen molar-refractivity contribution in [3.05, 3.63) is 53.9 Å². The standard InChI is InChI=1S/C20H25N3O3/c1-16-6-8-17(9-7-16)26-15-19(24)22-11-4-12-23(14-13-22)20(25)18-5-3-10-21(18)2/h3,5-10H,4,11-15H2,1-2H3. The Morgan fingerprint density at radius 3 is 2.38 bits per heavy atom. The molecule has 1 fully saturated rings. The molecule has 6 heteroatoms. The van der Waals surface area contributed by atoms with Gasteiger partial charge in [0.25, 0.3) is 11.8 Å². The van der Waals surface area contributed by atoms with Crippen LogP contribution >= 0.6 is 0 Å². The first-order valence-electron chi connectivity index (χ1n) is 8.92. The van der Waals surface area contributed by atoms with Crippen LogP contribution < -0.4 is 4.74 Å². The van der Waals surface area contributed by atoms with Crippen LogP contribution in [0.25, 0.3) is 0 Å². The fourth-order valence-electron chi connectivity index (χ4n) is 3.09. The van der Waals surface area contributed by atoms with E-state index in [0.29, 0.717) is 37.6 Å². The molecule has 26 heavy (non-hydrogen) atoms. The predicted molar refractivity (Wildman–Crippen MR) is 99.2 cm³/mol. The van der Waals surface area contributed by atoms with Gasteiger partial charge in [0.1, 0.15) is 11.4 Å². The number of nitrogens with zero attached hydrogens (tertiary/aromatic N) is 3. The van der Waals surface area contributed by atoms with Crippen LogP contribution in [0.5, 0.6) is 5.75 Å². The third-order valence-electron chi connectivity index (χ3n) is 4.68. The van der Waals surface area contributed by atoms with E-state index in [4.69, 9.17) is 4.74 Å². The fraction of sp³-hybridized carbons (Fsp3) is 0.400. The largest absolute Gasteiger partial charge is 0.484 e. The summed E-state index contributed by atoms with van der Waals surface area (Å²) in [5.74, 6) is 0.667. The molecule has 1 aromatic carbocycles. The Hall–Kier alpha value is -2.76. The Kier molecular flexibility index (Phi) is 5.61. The van der Waals surface area contributed by atoms with Crippen LogP contribution in [0.1, 0.15) is 22.5 Å². The van der Waals surface area contributed by atoms with E-state index in [9.17, 15) is 9.59 Å². The molecule has 0 aliphatic carbocycles. The van der Waals surface area contributed by atoms with Crippen molar-refractivity contribution >= 4 is 11.8 Å². The van der Waals surface area contributed by atoms with Crippen LogP contribution in [0.3, 0.4) is 0 Å². The van der Waals surface area contributed by atoms with Gasteiger partial charge in [-0.1, -0.05) is 17.7 Å². The lowest BCUT2D eigenvalue weighted by molar-refractivity contribution is -0.133. The monoisotopic (exact) mass is 355 g/mol. The number of hydrogen-bond donors (Lipinski definition) is 0. The van der Waals surface area contributed by atoms with Crippen LogP contribution in [0.15, 0.2) is 42.6 Å². The maximum Gasteiger partial charge on any atom is 0.270 e. The zero-order valence-corrected chi connectivity index (χ0v) is 15.4. The van der Waals surface area contributed by atoms with Crippen LogP contribution in [0.4, 0.5) is 0 Å². The molecule has 0 saturated carbocycles. The molecule has 3 rings (SSSR count). The molecule has 6 nitrogen and oxygen atoms in total. The normalized spacial score (nSPS) is 14.8. The molecular formula is C20H25N3O3. The van der Waals surface area contributed by atoms with Gasteiger partial charge in [-0.25, -0.2) is 0 Å². The average Bonchev–Trinajstić information content (AvgIpc) is 2.92. The highest BCUT2D eigenvalue weighted by atomic mass is 16.5. The fourth-order valence-corrected chi connectivity index (χ4v) is 3.09.